The Morgan fingerprint density at radius 3 is 2.17 bits per heavy atom. The fraction of sp³-hybridized carbons (Fsp3) is 0.811. The normalized spacial score (nSPS) is 28.6. The van der Waals surface area contributed by atoms with Crippen molar-refractivity contribution in [2.75, 3.05) is 13.1 Å². The van der Waals surface area contributed by atoms with E-state index in [0.717, 1.165) is 32.1 Å². The van der Waals surface area contributed by atoms with Gasteiger partial charge in [0.15, 0.2) is 0 Å². The fourth-order valence-electron chi connectivity index (χ4n) is 8.40. The van der Waals surface area contributed by atoms with Crippen LogP contribution in [-0.2, 0) is 23.9 Å². The van der Waals surface area contributed by atoms with E-state index in [1.807, 2.05) is 6.92 Å². The predicted molar refractivity (Wildman–Crippen MR) is 181 cm³/mol. The van der Waals surface area contributed by atoms with E-state index in [4.69, 9.17) is 4.74 Å². The Morgan fingerprint density at radius 1 is 0.957 bits per heavy atom. The third kappa shape index (κ3) is 8.22. The van der Waals surface area contributed by atoms with Gasteiger partial charge >= 0.3 is 6.09 Å². The first-order valence-corrected chi connectivity index (χ1v) is 17.9. The first-order chi connectivity index (χ1) is 21.8. The topological polar surface area (TPSA) is 134 Å². The van der Waals surface area contributed by atoms with Gasteiger partial charge in [-0.05, 0) is 94.3 Å². The summed E-state index contributed by atoms with van der Waals surface area (Å²) in [7, 11) is 0. The summed E-state index contributed by atoms with van der Waals surface area (Å²) in [5.74, 6) is -1.45. The third-order valence-electron chi connectivity index (χ3n) is 11.4. The van der Waals surface area contributed by atoms with E-state index < -0.39 is 47.4 Å². The molecule has 3 aliphatic carbocycles. The lowest BCUT2D eigenvalue weighted by atomic mass is 9.83. The van der Waals surface area contributed by atoms with Crippen molar-refractivity contribution in [3.8, 4) is 0 Å². The number of rotatable bonds is 12. The second kappa shape index (κ2) is 13.9. The summed E-state index contributed by atoms with van der Waals surface area (Å²) in [6, 6.07) is -2.58. The number of Topliss-reactive ketones (excluding diaryl/α,β-unsaturated/α-hetero) is 1. The number of carbonyl (C=O) groups is 5. The van der Waals surface area contributed by atoms with Crippen molar-refractivity contribution in [3.05, 3.63) is 11.6 Å². The summed E-state index contributed by atoms with van der Waals surface area (Å²) >= 11 is 0. The van der Waals surface area contributed by atoms with Crippen molar-refractivity contribution in [1.82, 2.24) is 20.9 Å². The van der Waals surface area contributed by atoms with E-state index >= 15 is 0 Å². The molecular weight excluding hydrogens is 596 g/mol. The van der Waals surface area contributed by atoms with E-state index in [2.05, 4.69) is 63.6 Å². The summed E-state index contributed by atoms with van der Waals surface area (Å²) in [6.07, 6.45) is 7.15. The molecule has 1 saturated heterocycles. The van der Waals surface area contributed by atoms with Gasteiger partial charge < -0.3 is 25.6 Å². The van der Waals surface area contributed by atoms with Crippen LogP contribution in [0.5, 0.6) is 0 Å². The molecule has 10 nitrogen and oxygen atoms in total. The highest BCUT2D eigenvalue weighted by molar-refractivity contribution is 6.38. The number of hydrogen-bond donors (Lipinski definition) is 3. The highest BCUT2D eigenvalue weighted by atomic mass is 16.6. The Bertz CT molecular complexity index is 1260. The number of likely N-dealkylation sites (tertiary alicyclic amines) is 1. The summed E-state index contributed by atoms with van der Waals surface area (Å²) in [6.45, 7) is 20.7. The van der Waals surface area contributed by atoms with Gasteiger partial charge in [-0.1, -0.05) is 72.0 Å². The SMILES string of the molecule is CCCC(NC(=O)[C@@H]1[C@H]2[C@@H](CN1C(=O)[C@@H](NC(=O)OC(C)(C)C)C1CCCCC1)C2(C)C)C(=O)C(=O)NC[C@@H]1[C@H](C=C(C)C)C1(C)C. The lowest BCUT2D eigenvalue weighted by Gasteiger charge is -2.37. The zero-order chi connectivity index (χ0) is 35.1. The predicted octanol–water partition coefficient (Wildman–Crippen LogP) is 5.15. The van der Waals surface area contributed by atoms with Crippen LogP contribution in [0.3, 0.4) is 0 Å². The van der Waals surface area contributed by atoms with Gasteiger partial charge in [-0.25, -0.2) is 4.79 Å². The lowest BCUT2D eigenvalue weighted by Crippen LogP contribution is -2.59. The van der Waals surface area contributed by atoms with E-state index in [1.165, 1.54) is 5.57 Å². The van der Waals surface area contributed by atoms with Gasteiger partial charge in [-0.3, -0.25) is 19.2 Å². The Labute approximate surface area is 281 Å². The van der Waals surface area contributed by atoms with Gasteiger partial charge in [0.05, 0.1) is 6.04 Å². The number of hydrogen-bond acceptors (Lipinski definition) is 6. The molecule has 0 radical (unpaired) electrons. The Hall–Kier alpha value is -2.91. The minimum Gasteiger partial charge on any atom is -0.444 e. The zero-order valence-corrected chi connectivity index (χ0v) is 30.5. The largest absolute Gasteiger partial charge is 0.444 e. The Kier molecular flexibility index (Phi) is 10.9. The first kappa shape index (κ1) is 36.9. The summed E-state index contributed by atoms with van der Waals surface area (Å²) < 4.78 is 5.53. The van der Waals surface area contributed by atoms with E-state index in [9.17, 15) is 24.0 Å². The van der Waals surface area contributed by atoms with Crippen molar-refractivity contribution in [2.24, 2.45) is 40.4 Å². The van der Waals surface area contributed by atoms with Gasteiger partial charge in [0, 0.05) is 13.1 Å². The van der Waals surface area contributed by atoms with Crippen LogP contribution in [0.25, 0.3) is 0 Å². The number of ketones is 1. The molecule has 3 N–H and O–H groups in total. The van der Waals surface area contributed by atoms with Crippen LogP contribution in [0.2, 0.25) is 0 Å². The van der Waals surface area contributed by atoms with E-state index in [1.54, 1.807) is 25.7 Å². The van der Waals surface area contributed by atoms with Crippen LogP contribution >= 0.6 is 0 Å². The minimum absolute atomic E-state index is 0.0462. The summed E-state index contributed by atoms with van der Waals surface area (Å²) in [4.78, 5) is 69.5. The first-order valence-electron chi connectivity index (χ1n) is 17.9. The molecule has 4 fully saturated rings. The summed E-state index contributed by atoms with van der Waals surface area (Å²) in [5.41, 5.74) is 0.411. The third-order valence-corrected chi connectivity index (χ3v) is 11.4. The quantitative estimate of drug-likeness (QED) is 0.197. The molecule has 1 unspecified atom stereocenters. The highest BCUT2D eigenvalue weighted by Gasteiger charge is 2.70. The van der Waals surface area contributed by atoms with Crippen molar-refractivity contribution in [2.45, 2.75) is 138 Å². The Morgan fingerprint density at radius 2 is 1.60 bits per heavy atom. The average molecular weight is 657 g/mol. The van der Waals surface area contributed by atoms with Crippen LogP contribution < -0.4 is 16.0 Å². The fourth-order valence-corrected chi connectivity index (χ4v) is 8.40. The second-order valence-electron chi connectivity index (χ2n) is 17.0. The van der Waals surface area contributed by atoms with Crippen molar-refractivity contribution >= 4 is 29.6 Å². The Balaban J connectivity index is 1.48. The molecule has 1 heterocycles. The number of allylic oxidation sites excluding steroid dienone is 2. The smallest absolute Gasteiger partial charge is 0.408 e. The van der Waals surface area contributed by atoms with Crippen molar-refractivity contribution in [3.63, 3.8) is 0 Å². The minimum atomic E-state index is -0.986. The number of nitrogens with zero attached hydrogens (tertiary/aromatic N) is 1. The standard InChI is InChI=1S/C37H60N4O6/c1-11-15-26(30(42)32(44)38-19-24-23(18-21(2)3)36(24,7)8)39-31(43)29-27-25(37(27,9)10)20-41(29)33(45)28(22-16-13-12-14-17-22)40-34(46)47-35(4,5)6/h18,22-29H,11-17,19-20H2,1-10H3,(H,38,44)(H,39,43)(H,40,46)/t23-,24+,25+,26?,27+,28-,29-/m0/s1. The van der Waals surface area contributed by atoms with Crippen molar-refractivity contribution in [1.29, 1.82) is 0 Å². The van der Waals surface area contributed by atoms with Gasteiger partial charge in [-0.2, -0.15) is 0 Å². The maximum Gasteiger partial charge on any atom is 0.408 e. The molecule has 1 aliphatic heterocycles. The molecule has 0 aromatic rings. The van der Waals surface area contributed by atoms with Crippen LogP contribution in [0.4, 0.5) is 4.79 Å². The number of nitrogens with one attached hydrogen (secondary N) is 3. The molecule has 0 bridgehead atoms. The van der Waals surface area contributed by atoms with Crippen LogP contribution in [0.15, 0.2) is 11.6 Å². The molecular formula is C37H60N4O6. The monoisotopic (exact) mass is 656 g/mol. The number of alkyl carbamates (subject to hydrolysis) is 1. The van der Waals surface area contributed by atoms with Gasteiger partial charge in [-0.15, -0.1) is 0 Å². The number of carbonyl (C=O) groups excluding carboxylic acids is 5. The summed E-state index contributed by atoms with van der Waals surface area (Å²) in [5, 5.41) is 8.62. The molecule has 3 saturated carbocycles. The molecule has 0 aromatic carbocycles. The van der Waals surface area contributed by atoms with Crippen LogP contribution in [0.1, 0.15) is 114 Å². The molecule has 4 aliphatic rings. The van der Waals surface area contributed by atoms with Gasteiger partial charge in [0.1, 0.15) is 17.7 Å². The second-order valence-corrected chi connectivity index (χ2v) is 17.0. The van der Waals surface area contributed by atoms with Gasteiger partial charge in [0.25, 0.3) is 5.91 Å². The van der Waals surface area contributed by atoms with Crippen molar-refractivity contribution < 1.29 is 28.7 Å². The van der Waals surface area contributed by atoms with Gasteiger partial charge in [0.2, 0.25) is 17.6 Å². The van der Waals surface area contributed by atoms with E-state index in [0.29, 0.717) is 31.8 Å². The maximum absolute atomic E-state index is 14.3. The van der Waals surface area contributed by atoms with Crippen LogP contribution in [-0.4, -0.2) is 71.3 Å². The zero-order valence-electron chi connectivity index (χ0n) is 30.5. The number of amides is 4. The molecule has 4 amide bonds. The molecule has 10 heteroatoms. The molecule has 47 heavy (non-hydrogen) atoms. The average Bonchev–Trinajstić information content (AvgIpc) is 3.56. The van der Waals surface area contributed by atoms with E-state index in [-0.39, 0.29) is 40.4 Å². The molecule has 0 spiro atoms. The highest BCUT2D eigenvalue weighted by Crippen LogP contribution is 2.65. The molecule has 0 aromatic heterocycles. The number of piperidine rings is 1. The lowest BCUT2D eigenvalue weighted by molar-refractivity contribution is -0.145. The number of ether oxygens (including phenoxy) is 1. The maximum atomic E-state index is 14.3. The molecule has 264 valence electrons. The number of fused-ring (bicyclic) bond motifs is 1. The molecule has 7 atom stereocenters. The molecule has 4 rings (SSSR count). The van der Waals surface area contributed by atoms with Crippen LogP contribution in [0, 0.1) is 40.4 Å².